The molecule has 0 atom stereocenters. The number of benzene rings is 2. The highest BCUT2D eigenvalue weighted by atomic mass is 35.5. The minimum absolute atomic E-state index is 0.611. The Balaban J connectivity index is 1.95. The Labute approximate surface area is 124 Å². The maximum Gasteiger partial charge on any atom is 0.146 e. The van der Waals surface area contributed by atoms with E-state index in [1.54, 1.807) is 7.11 Å². The molecule has 20 heavy (non-hydrogen) atoms. The van der Waals surface area contributed by atoms with Crippen LogP contribution in [0.25, 0.3) is 0 Å². The van der Waals surface area contributed by atoms with E-state index in [4.69, 9.17) is 21.1 Å². The molecule has 0 heterocycles. The third kappa shape index (κ3) is 4.53. The van der Waals surface area contributed by atoms with Crippen LogP contribution in [0.3, 0.4) is 0 Å². The summed E-state index contributed by atoms with van der Waals surface area (Å²) in [4.78, 5) is 0. The minimum Gasteiger partial charge on any atom is -0.456 e. The van der Waals surface area contributed by atoms with Gasteiger partial charge in [-0.1, -0.05) is 35.9 Å². The Morgan fingerprint density at radius 2 is 1.90 bits per heavy atom. The van der Waals surface area contributed by atoms with Gasteiger partial charge in [0.2, 0.25) is 0 Å². The van der Waals surface area contributed by atoms with Crippen LogP contribution >= 0.6 is 11.6 Å². The number of halogens is 1. The molecule has 0 bridgehead atoms. The number of hydrogen-bond acceptors (Lipinski definition) is 3. The summed E-state index contributed by atoms with van der Waals surface area (Å²) in [6, 6.07) is 15.4. The van der Waals surface area contributed by atoms with Crippen molar-refractivity contribution in [1.29, 1.82) is 0 Å². The topological polar surface area (TPSA) is 30.5 Å². The van der Waals surface area contributed by atoms with Crippen molar-refractivity contribution in [2.75, 3.05) is 20.3 Å². The molecule has 4 heteroatoms. The first kappa shape index (κ1) is 14.9. The average Bonchev–Trinajstić information content (AvgIpc) is 2.47. The van der Waals surface area contributed by atoms with E-state index >= 15 is 0 Å². The maximum atomic E-state index is 6.24. The summed E-state index contributed by atoms with van der Waals surface area (Å²) in [5.74, 6) is 1.44. The summed E-state index contributed by atoms with van der Waals surface area (Å²) in [5, 5.41) is 3.89. The molecule has 0 amide bonds. The van der Waals surface area contributed by atoms with Gasteiger partial charge in [0, 0.05) is 20.2 Å². The normalized spacial score (nSPS) is 10.5. The zero-order chi connectivity index (χ0) is 14.2. The number of methoxy groups -OCH3 is 1. The molecule has 106 valence electrons. The second kappa shape index (κ2) is 7.90. The largest absolute Gasteiger partial charge is 0.456 e. The van der Waals surface area contributed by atoms with Crippen molar-refractivity contribution in [3.8, 4) is 11.5 Å². The van der Waals surface area contributed by atoms with E-state index in [0.29, 0.717) is 17.4 Å². The van der Waals surface area contributed by atoms with Crippen LogP contribution in [0.1, 0.15) is 5.56 Å². The Morgan fingerprint density at radius 1 is 1.10 bits per heavy atom. The van der Waals surface area contributed by atoms with Crippen molar-refractivity contribution in [2.45, 2.75) is 6.54 Å². The quantitative estimate of drug-likeness (QED) is 0.786. The standard InChI is InChI=1S/C16H18ClNO2/c1-19-10-9-18-12-13-7-8-16(15(17)11-13)20-14-5-3-2-4-6-14/h2-8,11,18H,9-10,12H2,1H3. The Bertz CT molecular complexity index is 531. The van der Waals surface area contributed by atoms with Crippen LogP contribution in [-0.4, -0.2) is 20.3 Å². The van der Waals surface area contributed by atoms with E-state index in [1.165, 1.54) is 0 Å². The van der Waals surface area contributed by atoms with E-state index in [0.717, 1.165) is 24.4 Å². The molecule has 0 saturated heterocycles. The van der Waals surface area contributed by atoms with Gasteiger partial charge in [-0.25, -0.2) is 0 Å². The van der Waals surface area contributed by atoms with Crippen molar-refractivity contribution in [1.82, 2.24) is 5.32 Å². The third-order valence-corrected chi connectivity index (χ3v) is 3.07. The van der Waals surface area contributed by atoms with Gasteiger partial charge in [-0.05, 0) is 29.8 Å². The van der Waals surface area contributed by atoms with Gasteiger partial charge in [0.1, 0.15) is 11.5 Å². The molecule has 0 aliphatic rings. The molecule has 1 N–H and O–H groups in total. The monoisotopic (exact) mass is 291 g/mol. The van der Waals surface area contributed by atoms with E-state index < -0.39 is 0 Å². The minimum atomic E-state index is 0.611. The highest BCUT2D eigenvalue weighted by Crippen LogP contribution is 2.29. The predicted octanol–water partition coefficient (Wildman–Crippen LogP) is 3.87. The van der Waals surface area contributed by atoms with E-state index in [1.807, 2.05) is 48.5 Å². The number of para-hydroxylation sites is 1. The highest BCUT2D eigenvalue weighted by molar-refractivity contribution is 6.32. The first-order valence-electron chi connectivity index (χ1n) is 6.50. The van der Waals surface area contributed by atoms with Gasteiger partial charge >= 0.3 is 0 Å². The van der Waals surface area contributed by atoms with Gasteiger partial charge in [-0.3, -0.25) is 0 Å². The van der Waals surface area contributed by atoms with Crippen LogP contribution in [0.2, 0.25) is 5.02 Å². The maximum absolute atomic E-state index is 6.24. The molecule has 0 unspecified atom stereocenters. The fourth-order valence-corrected chi connectivity index (χ4v) is 2.00. The van der Waals surface area contributed by atoms with Gasteiger partial charge in [0.05, 0.1) is 11.6 Å². The number of nitrogens with one attached hydrogen (secondary N) is 1. The lowest BCUT2D eigenvalue weighted by molar-refractivity contribution is 0.199. The SMILES string of the molecule is COCCNCc1ccc(Oc2ccccc2)c(Cl)c1. The van der Waals surface area contributed by atoms with Crippen molar-refractivity contribution >= 4 is 11.6 Å². The van der Waals surface area contributed by atoms with Crippen molar-refractivity contribution in [2.24, 2.45) is 0 Å². The van der Waals surface area contributed by atoms with Crippen LogP contribution in [0.15, 0.2) is 48.5 Å². The Morgan fingerprint density at radius 3 is 2.60 bits per heavy atom. The van der Waals surface area contributed by atoms with E-state index in [-0.39, 0.29) is 0 Å². The van der Waals surface area contributed by atoms with Crippen LogP contribution in [0, 0.1) is 0 Å². The van der Waals surface area contributed by atoms with Gasteiger partial charge in [-0.15, -0.1) is 0 Å². The summed E-state index contributed by atoms with van der Waals surface area (Å²) < 4.78 is 10.7. The summed E-state index contributed by atoms with van der Waals surface area (Å²) in [6.45, 7) is 2.27. The third-order valence-electron chi connectivity index (χ3n) is 2.78. The summed E-state index contributed by atoms with van der Waals surface area (Å²) >= 11 is 6.24. The first-order valence-corrected chi connectivity index (χ1v) is 6.88. The number of hydrogen-bond donors (Lipinski definition) is 1. The first-order chi connectivity index (χ1) is 9.79. The lowest BCUT2D eigenvalue weighted by Crippen LogP contribution is -2.18. The molecule has 0 spiro atoms. The van der Waals surface area contributed by atoms with Crippen molar-refractivity contribution < 1.29 is 9.47 Å². The molecule has 0 radical (unpaired) electrons. The second-order valence-electron chi connectivity index (χ2n) is 4.35. The molecule has 0 saturated carbocycles. The van der Waals surface area contributed by atoms with Gasteiger partial charge in [0.15, 0.2) is 0 Å². The van der Waals surface area contributed by atoms with Gasteiger partial charge in [-0.2, -0.15) is 0 Å². The fourth-order valence-electron chi connectivity index (χ4n) is 1.76. The fraction of sp³-hybridized carbons (Fsp3) is 0.250. The highest BCUT2D eigenvalue weighted by Gasteiger charge is 2.04. The zero-order valence-corrected chi connectivity index (χ0v) is 12.2. The molecule has 3 nitrogen and oxygen atoms in total. The Kier molecular flexibility index (Phi) is 5.87. The molecule has 0 fully saturated rings. The molecular weight excluding hydrogens is 274 g/mol. The summed E-state index contributed by atoms with van der Waals surface area (Å²) in [5.41, 5.74) is 1.12. The van der Waals surface area contributed by atoms with Gasteiger partial charge in [0.25, 0.3) is 0 Å². The van der Waals surface area contributed by atoms with Crippen LogP contribution < -0.4 is 10.1 Å². The van der Waals surface area contributed by atoms with Crippen LogP contribution in [0.5, 0.6) is 11.5 Å². The molecule has 0 aliphatic carbocycles. The zero-order valence-electron chi connectivity index (χ0n) is 11.4. The molecular formula is C16H18ClNO2. The molecule has 2 aromatic rings. The number of rotatable bonds is 7. The predicted molar refractivity (Wildman–Crippen MR) is 81.6 cm³/mol. The summed E-state index contributed by atoms with van der Waals surface area (Å²) in [6.07, 6.45) is 0. The Hall–Kier alpha value is -1.55. The average molecular weight is 292 g/mol. The molecule has 2 rings (SSSR count). The molecule has 2 aromatic carbocycles. The lowest BCUT2D eigenvalue weighted by Gasteiger charge is -2.09. The van der Waals surface area contributed by atoms with Crippen molar-refractivity contribution in [3.63, 3.8) is 0 Å². The van der Waals surface area contributed by atoms with E-state index in [2.05, 4.69) is 5.32 Å². The lowest BCUT2D eigenvalue weighted by atomic mass is 10.2. The number of ether oxygens (including phenoxy) is 2. The van der Waals surface area contributed by atoms with Crippen LogP contribution in [0.4, 0.5) is 0 Å². The van der Waals surface area contributed by atoms with Crippen LogP contribution in [-0.2, 0) is 11.3 Å². The van der Waals surface area contributed by atoms with Crippen molar-refractivity contribution in [3.05, 3.63) is 59.1 Å². The second-order valence-corrected chi connectivity index (χ2v) is 4.76. The molecule has 0 aliphatic heterocycles. The smallest absolute Gasteiger partial charge is 0.146 e. The van der Waals surface area contributed by atoms with E-state index in [9.17, 15) is 0 Å². The summed E-state index contributed by atoms with van der Waals surface area (Å²) in [7, 11) is 1.69. The molecule has 0 aromatic heterocycles. The van der Waals surface area contributed by atoms with Gasteiger partial charge < -0.3 is 14.8 Å².